The van der Waals surface area contributed by atoms with Crippen molar-refractivity contribution in [2.75, 3.05) is 26.2 Å². The smallest absolute Gasteiger partial charge is 0.333 e. The van der Waals surface area contributed by atoms with Crippen LogP contribution in [0.2, 0.25) is 0 Å². The fraction of sp³-hybridized carbons (Fsp3) is 0.938. The largest absolute Gasteiger partial charge is 0.479 e. The minimum Gasteiger partial charge on any atom is -0.479 e. The van der Waals surface area contributed by atoms with Gasteiger partial charge >= 0.3 is 5.97 Å². The van der Waals surface area contributed by atoms with Crippen molar-refractivity contribution in [3.63, 3.8) is 0 Å². The van der Waals surface area contributed by atoms with Crippen molar-refractivity contribution in [3.05, 3.63) is 0 Å². The highest BCUT2D eigenvalue weighted by Crippen LogP contribution is 2.27. The minimum absolute atomic E-state index is 0.0864. The third kappa shape index (κ3) is 4.66. The number of rotatable bonds is 4. The summed E-state index contributed by atoms with van der Waals surface area (Å²) < 4.78 is 5.91. The number of carbonyl (C=O) groups is 1. The van der Waals surface area contributed by atoms with E-state index < -0.39 is 12.1 Å². The predicted molar refractivity (Wildman–Crippen MR) is 82.5 cm³/mol. The summed E-state index contributed by atoms with van der Waals surface area (Å²) >= 11 is 0. The molecule has 2 N–H and O–H groups in total. The van der Waals surface area contributed by atoms with Crippen LogP contribution in [0.4, 0.5) is 0 Å². The molecule has 122 valence electrons. The van der Waals surface area contributed by atoms with Crippen molar-refractivity contribution >= 4 is 5.97 Å². The summed E-state index contributed by atoms with van der Waals surface area (Å²) in [7, 11) is 0. The minimum atomic E-state index is -0.844. The number of nitrogens with one attached hydrogen (secondary N) is 1. The van der Waals surface area contributed by atoms with Crippen molar-refractivity contribution in [1.82, 2.24) is 10.2 Å². The van der Waals surface area contributed by atoms with Gasteiger partial charge in [-0.3, -0.25) is 0 Å². The van der Waals surface area contributed by atoms with Gasteiger partial charge in [-0.15, -0.1) is 0 Å². The van der Waals surface area contributed by atoms with Gasteiger partial charge < -0.3 is 20.1 Å². The molecule has 0 spiro atoms. The summed E-state index contributed by atoms with van der Waals surface area (Å²) in [4.78, 5) is 14.0. The fourth-order valence-corrected chi connectivity index (χ4v) is 3.37. The Bertz CT molecular complexity index is 340. The zero-order valence-corrected chi connectivity index (χ0v) is 13.6. The summed E-state index contributed by atoms with van der Waals surface area (Å²) in [5, 5.41) is 12.8. The lowest BCUT2D eigenvalue weighted by Crippen LogP contribution is -2.49. The van der Waals surface area contributed by atoms with Gasteiger partial charge in [0.2, 0.25) is 0 Å². The molecule has 1 atom stereocenters. The van der Waals surface area contributed by atoms with Crippen LogP contribution in [0.3, 0.4) is 0 Å². The Kier molecular flexibility index (Phi) is 5.63. The lowest BCUT2D eigenvalue weighted by molar-refractivity contribution is -0.167. The molecule has 5 nitrogen and oxygen atoms in total. The Labute approximate surface area is 128 Å². The number of piperidine rings is 2. The zero-order valence-electron chi connectivity index (χ0n) is 13.6. The van der Waals surface area contributed by atoms with E-state index in [1.165, 1.54) is 12.8 Å². The van der Waals surface area contributed by atoms with Crippen LogP contribution in [0, 0.1) is 5.41 Å². The lowest BCUT2D eigenvalue weighted by Gasteiger charge is -2.40. The van der Waals surface area contributed by atoms with Crippen LogP contribution in [-0.2, 0) is 9.53 Å². The molecule has 0 aromatic rings. The van der Waals surface area contributed by atoms with E-state index in [1.807, 2.05) is 20.8 Å². The normalized spacial score (nSPS) is 24.9. The second-order valence-electron chi connectivity index (χ2n) is 7.44. The Balaban J connectivity index is 1.81. The Morgan fingerprint density at radius 1 is 1.19 bits per heavy atom. The first kappa shape index (κ1) is 16.7. The van der Waals surface area contributed by atoms with Crippen LogP contribution in [0.25, 0.3) is 0 Å². The van der Waals surface area contributed by atoms with E-state index in [-0.39, 0.29) is 11.5 Å². The summed E-state index contributed by atoms with van der Waals surface area (Å²) in [6, 6.07) is 0.699. The van der Waals surface area contributed by atoms with Crippen LogP contribution < -0.4 is 5.32 Å². The summed E-state index contributed by atoms with van der Waals surface area (Å²) in [5.41, 5.74) is -0.363. The molecule has 0 bridgehead atoms. The second kappa shape index (κ2) is 7.07. The Hall–Kier alpha value is -0.650. The van der Waals surface area contributed by atoms with Crippen LogP contribution in [0.5, 0.6) is 0 Å². The van der Waals surface area contributed by atoms with Crippen LogP contribution >= 0.6 is 0 Å². The SMILES string of the molecule is CC(C)(C)C(OC1CCN(C2CCNCC2)CC1)C(=O)O. The highest BCUT2D eigenvalue weighted by molar-refractivity contribution is 5.73. The summed E-state index contributed by atoms with van der Waals surface area (Å²) in [5.74, 6) is -0.844. The van der Waals surface area contributed by atoms with Gasteiger partial charge in [-0.25, -0.2) is 4.79 Å². The first-order chi connectivity index (χ1) is 9.88. The number of ether oxygens (including phenoxy) is 1. The molecule has 2 saturated heterocycles. The molecule has 2 rings (SSSR count). The van der Waals surface area contributed by atoms with E-state index in [9.17, 15) is 9.90 Å². The summed E-state index contributed by atoms with van der Waals surface area (Å²) in [6.45, 7) is 10.1. The Morgan fingerprint density at radius 3 is 2.24 bits per heavy atom. The molecular weight excluding hydrogens is 268 g/mol. The molecule has 0 aromatic heterocycles. The quantitative estimate of drug-likeness (QED) is 0.827. The second-order valence-corrected chi connectivity index (χ2v) is 7.44. The average Bonchev–Trinajstić information content (AvgIpc) is 2.45. The molecule has 2 aliphatic heterocycles. The highest BCUT2D eigenvalue weighted by atomic mass is 16.5. The van der Waals surface area contributed by atoms with Gasteiger partial charge in [-0.2, -0.15) is 0 Å². The van der Waals surface area contributed by atoms with E-state index in [0.29, 0.717) is 6.04 Å². The molecule has 0 amide bonds. The van der Waals surface area contributed by atoms with Gasteiger partial charge in [0.1, 0.15) is 0 Å². The van der Waals surface area contributed by atoms with Crippen LogP contribution in [-0.4, -0.2) is 60.4 Å². The first-order valence-corrected chi connectivity index (χ1v) is 8.21. The standard InChI is InChI=1S/C16H30N2O3/c1-16(2,3)14(15(19)20)21-13-6-10-18(11-7-13)12-4-8-17-9-5-12/h12-14,17H,4-11H2,1-3H3,(H,19,20). The van der Waals surface area contributed by atoms with Gasteiger partial charge in [0, 0.05) is 19.1 Å². The molecule has 0 aromatic carbocycles. The molecule has 5 heteroatoms. The number of aliphatic carboxylic acids is 1. The molecule has 0 aliphatic carbocycles. The van der Waals surface area contributed by atoms with Gasteiger partial charge in [0.25, 0.3) is 0 Å². The number of carboxylic acid groups (broad SMARTS) is 1. The number of hydrogen-bond donors (Lipinski definition) is 2. The molecule has 2 aliphatic rings. The third-order valence-electron chi connectivity index (χ3n) is 4.64. The fourth-order valence-electron chi connectivity index (χ4n) is 3.37. The van der Waals surface area contributed by atoms with Crippen molar-refractivity contribution in [2.45, 2.75) is 64.7 Å². The Morgan fingerprint density at radius 2 is 1.76 bits per heavy atom. The van der Waals surface area contributed by atoms with Crippen LogP contribution in [0.15, 0.2) is 0 Å². The van der Waals surface area contributed by atoms with Gasteiger partial charge in [0.15, 0.2) is 6.10 Å². The number of likely N-dealkylation sites (tertiary alicyclic amines) is 1. The van der Waals surface area contributed by atoms with Crippen molar-refractivity contribution in [2.24, 2.45) is 5.41 Å². The lowest BCUT2D eigenvalue weighted by atomic mass is 9.88. The molecular formula is C16H30N2O3. The van der Waals surface area contributed by atoms with E-state index in [1.54, 1.807) is 0 Å². The maximum absolute atomic E-state index is 11.4. The monoisotopic (exact) mass is 298 g/mol. The zero-order chi connectivity index (χ0) is 15.5. The average molecular weight is 298 g/mol. The van der Waals surface area contributed by atoms with Crippen molar-refractivity contribution < 1.29 is 14.6 Å². The maximum Gasteiger partial charge on any atom is 0.333 e. The molecule has 2 fully saturated rings. The molecule has 21 heavy (non-hydrogen) atoms. The first-order valence-electron chi connectivity index (χ1n) is 8.21. The van der Waals surface area contributed by atoms with Gasteiger partial charge in [-0.1, -0.05) is 20.8 Å². The predicted octanol–water partition coefficient (Wildman–Crippen LogP) is 1.72. The van der Waals surface area contributed by atoms with Crippen LogP contribution in [0.1, 0.15) is 46.5 Å². The van der Waals surface area contributed by atoms with E-state index >= 15 is 0 Å². The van der Waals surface area contributed by atoms with Crippen molar-refractivity contribution in [1.29, 1.82) is 0 Å². The van der Waals surface area contributed by atoms with E-state index in [2.05, 4.69) is 10.2 Å². The number of hydrogen-bond acceptors (Lipinski definition) is 4. The highest BCUT2D eigenvalue weighted by Gasteiger charge is 2.36. The van der Waals surface area contributed by atoms with Crippen molar-refractivity contribution in [3.8, 4) is 0 Å². The topological polar surface area (TPSA) is 61.8 Å². The molecule has 1 unspecified atom stereocenters. The molecule has 0 saturated carbocycles. The molecule has 2 heterocycles. The number of carboxylic acids is 1. The maximum atomic E-state index is 11.4. The van der Waals surface area contributed by atoms with E-state index in [0.717, 1.165) is 39.0 Å². The van der Waals surface area contributed by atoms with E-state index in [4.69, 9.17) is 4.74 Å². The number of nitrogens with zero attached hydrogens (tertiary/aromatic N) is 1. The third-order valence-corrected chi connectivity index (χ3v) is 4.64. The molecule has 0 radical (unpaired) electrons. The summed E-state index contributed by atoms with van der Waals surface area (Å²) in [6.07, 6.45) is 3.72. The van der Waals surface area contributed by atoms with Gasteiger partial charge in [-0.05, 0) is 44.2 Å². The van der Waals surface area contributed by atoms with Gasteiger partial charge in [0.05, 0.1) is 6.10 Å².